The van der Waals surface area contributed by atoms with Crippen LogP contribution in [0.4, 0.5) is 5.69 Å². The summed E-state index contributed by atoms with van der Waals surface area (Å²) in [5, 5.41) is 18.7. The summed E-state index contributed by atoms with van der Waals surface area (Å²) in [6, 6.07) is 8.10. The number of nitrogens with one attached hydrogen (secondary N) is 2. The number of hydrogen-bond donors (Lipinski definition) is 2. The Balaban J connectivity index is 1.86. The van der Waals surface area contributed by atoms with E-state index in [0.29, 0.717) is 27.6 Å². The summed E-state index contributed by atoms with van der Waals surface area (Å²) in [5.41, 5.74) is 4.49. The van der Waals surface area contributed by atoms with Crippen LogP contribution in [-0.4, -0.2) is 17.4 Å². The molecule has 5 nitrogen and oxygen atoms in total. The molecule has 2 N–H and O–H groups in total. The summed E-state index contributed by atoms with van der Waals surface area (Å²) in [4.78, 5) is 26.1. The van der Waals surface area contributed by atoms with Crippen LogP contribution in [0.5, 0.6) is 0 Å². The van der Waals surface area contributed by atoms with Gasteiger partial charge in [0.15, 0.2) is 5.78 Å². The second-order valence-electron chi connectivity index (χ2n) is 7.45. The van der Waals surface area contributed by atoms with Crippen LogP contribution in [0.1, 0.15) is 35.8 Å². The van der Waals surface area contributed by atoms with Gasteiger partial charge >= 0.3 is 0 Å². The summed E-state index contributed by atoms with van der Waals surface area (Å²) in [5.74, 6) is -0.564. The Labute approximate surface area is 212 Å². The summed E-state index contributed by atoms with van der Waals surface area (Å²) >= 11 is 9.72. The minimum atomic E-state index is -0.425. The average molecular weight is 595 g/mol. The van der Waals surface area contributed by atoms with Gasteiger partial charge in [-0.2, -0.15) is 5.26 Å². The second-order valence-corrected chi connectivity index (χ2v) is 11.1. The number of amides is 1. The van der Waals surface area contributed by atoms with Gasteiger partial charge in [-0.25, -0.2) is 0 Å². The van der Waals surface area contributed by atoms with E-state index in [-0.39, 0.29) is 17.4 Å². The highest BCUT2D eigenvalue weighted by Crippen LogP contribution is 2.43. The lowest BCUT2D eigenvalue weighted by atomic mass is 9.85. The number of anilines is 1. The molecule has 0 bridgehead atoms. The van der Waals surface area contributed by atoms with Crippen molar-refractivity contribution in [3.8, 4) is 6.07 Å². The fourth-order valence-electron chi connectivity index (χ4n) is 3.56. The molecule has 1 atom stereocenters. The molecule has 2 aromatic rings. The number of carbonyl (C=O) groups is 2. The van der Waals surface area contributed by atoms with Crippen LogP contribution < -0.4 is 10.6 Å². The van der Waals surface area contributed by atoms with E-state index in [1.807, 2.05) is 44.4 Å². The van der Waals surface area contributed by atoms with Crippen molar-refractivity contribution >= 4 is 72.3 Å². The Morgan fingerprint density at radius 2 is 1.97 bits per heavy atom. The number of nitriles is 1. The lowest BCUT2D eigenvalue weighted by molar-refractivity contribution is -0.114. The Hall–Kier alpha value is -1.86. The molecule has 9 heteroatoms. The zero-order valence-corrected chi connectivity index (χ0v) is 22.7. The molecular formula is C23H21Br2N3O2S2. The Morgan fingerprint density at radius 3 is 2.53 bits per heavy atom. The third-order valence-electron chi connectivity index (χ3n) is 4.93. The minimum absolute atomic E-state index is 0.0730. The number of benzene rings is 1. The van der Waals surface area contributed by atoms with Crippen molar-refractivity contribution < 1.29 is 9.59 Å². The molecule has 1 amide bonds. The summed E-state index contributed by atoms with van der Waals surface area (Å²) < 4.78 is 1.70. The number of thiophene rings is 1. The number of allylic oxidation sites excluding steroid dienone is 3. The molecule has 0 spiro atoms. The topological polar surface area (TPSA) is 82.0 Å². The Bertz CT molecular complexity index is 1190. The van der Waals surface area contributed by atoms with E-state index in [2.05, 4.69) is 48.6 Å². The molecule has 0 radical (unpaired) electrons. The van der Waals surface area contributed by atoms with Crippen molar-refractivity contribution in [1.29, 1.82) is 5.26 Å². The SMILES string of the molecule is CC(=O)C1=C(C)NC(SCC(=O)Nc2c(C)cc(Br)cc2Br)=C(C#N)[C@H]1c1cc(C)cs1. The first-order valence-corrected chi connectivity index (χ1v) is 13.1. The molecule has 32 heavy (non-hydrogen) atoms. The molecule has 1 aromatic heterocycles. The maximum absolute atomic E-state index is 12.7. The van der Waals surface area contributed by atoms with Crippen molar-refractivity contribution in [2.24, 2.45) is 0 Å². The lowest BCUT2D eigenvalue weighted by Gasteiger charge is -2.28. The van der Waals surface area contributed by atoms with Gasteiger partial charge in [0.25, 0.3) is 0 Å². The number of Topliss-reactive ketones (excluding diaryl/α,β-unsaturated/α-hetero) is 1. The number of halogens is 2. The van der Waals surface area contributed by atoms with Gasteiger partial charge in [0.2, 0.25) is 5.91 Å². The van der Waals surface area contributed by atoms with E-state index in [0.717, 1.165) is 24.9 Å². The van der Waals surface area contributed by atoms with Gasteiger partial charge in [-0.3, -0.25) is 9.59 Å². The van der Waals surface area contributed by atoms with Crippen molar-refractivity contribution in [3.63, 3.8) is 0 Å². The number of aryl methyl sites for hydroxylation is 2. The highest BCUT2D eigenvalue weighted by Gasteiger charge is 2.34. The highest BCUT2D eigenvalue weighted by atomic mass is 79.9. The normalized spacial score (nSPS) is 16.0. The Kier molecular flexibility index (Phi) is 8.04. The van der Waals surface area contributed by atoms with Crippen molar-refractivity contribution in [3.05, 3.63) is 70.4 Å². The molecule has 0 fully saturated rings. The average Bonchev–Trinajstić information content (AvgIpc) is 3.14. The van der Waals surface area contributed by atoms with E-state index in [1.54, 1.807) is 0 Å². The molecule has 1 aromatic carbocycles. The van der Waals surface area contributed by atoms with Gasteiger partial charge in [-0.15, -0.1) is 11.3 Å². The van der Waals surface area contributed by atoms with Crippen LogP contribution in [0.2, 0.25) is 0 Å². The smallest absolute Gasteiger partial charge is 0.234 e. The predicted molar refractivity (Wildman–Crippen MR) is 139 cm³/mol. The molecular weight excluding hydrogens is 574 g/mol. The fourth-order valence-corrected chi connectivity index (χ4v) is 7.00. The molecule has 0 aliphatic carbocycles. The summed E-state index contributed by atoms with van der Waals surface area (Å²) in [7, 11) is 0. The van der Waals surface area contributed by atoms with E-state index < -0.39 is 5.92 Å². The van der Waals surface area contributed by atoms with Crippen LogP contribution in [0.25, 0.3) is 0 Å². The molecule has 0 saturated heterocycles. The monoisotopic (exact) mass is 593 g/mol. The molecule has 166 valence electrons. The molecule has 1 aliphatic heterocycles. The quantitative estimate of drug-likeness (QED) is 0.396. The molecule has 3 rings (SSSR count). The molecule has 0 unspecified atom stereocenters. The third kappa shape index (κ3) is 5.37. The lowest BCUT2D eigenvalue weighted by Crippen LogP contribution is -2.27. The van der Waals surface area contributed by atoms with Crippen LogP contribution >= 0.6 is 55.0 Å². The molecule has 2 heterocycles. The van der Waals surface area contributed by atoms with Crippen LogP contribution in [0.3, 0.4) is 0 Å². The summed E-state index contributed by atoms with van der Waals surface area (Å²) in [6.07, 6.45) is 0. The maximum atomic E-state index is 12.7. The van der Waals surface area contributed by atoms with Gasteiger partial charge < -0.3 is 10.6 Å². The number of rotatable bonds is 6. The third-order valence-corrected chi connectivity index (χ3v) is 8.14. The first-order valence-electron chi connectivity index (χ1n) is 9.68. The largest absolute Gasteiger partial charge is 0.353 e. The van der Waals surface area contributed by atoms with E-state index in [1.165, 1.54) is 30.0 Å². The predicted octanol–water partition coefficient (Wildman–Crippen LogP) is 6.55. The first kappa shape index (κ1) is 24.8. The van der Waals surface area contributed by atoms with Gasteiger partial charge in [0.05, 0.1) is 34.0 Å². The molecule has 0 saturated carbocycles. The maximum Gasteiger partial charge on any atom is 0.234 e. The zero-order chi connectivity index (χ0) is 23.6. The van der Waals surface area contributed by atoms with Gasteiger partial charge in [0.1, 0.15) is 0 Å². The van der Waals surface area contributed by atoms with Crippen molar-refractivity contribution in [2.45, 2.75) is 33.6 Å². The fraction of sp³-hybridized carbons (Fsp3) is 0.261. The van der Waals surface area contributed by atoms with Gasteiger partial charge in [-0.1, -0.05) is 27.7 Å². The Morgan fingerprint density at radius 1 is 1.25 bits per heavy atom. The zero-order valence-electron chi connectivity index (χ0n) is 17.9. The van der Waals surface area contributed by atoms with Gasteiger partial charge in [-0.05, 0) is 78.3 Å². The molecule has 1 aliphatic rings. The number of thioether (sulfide) groups is 1. The number of ketones is 1. The van der Waals surface area contributed by atoms with Crippen molar-refractivity contribution in [1.82, 2.24) is 5.32 Å². The van der Waals surface area contributed by atoms with E-state index >= 15 is 0 Å². The van der Waals surface area contributed by atoms with Crippen LogP contribution in [-0.2, 0) is 9.59 Å². The number of carbonyl (C=O) groups excluding carboxylic acids is 2. The van der Waals surface area contributed by atoms with Gasteiger partial charge in [0, 0.05) is 25.1 Å². The van der Waals surface area contributed by atoms with Crippen molar-refractivity contribution in [2.75, 3.05) is 11.1 Å². The number of hydrogen-bond acceptors (Lipinski definition) is 6. The summed E-state index contributed by atoms with van der Waals surface area (Å²) in [6.45, 7) is 7.26. The van der Waals surface area contributed by atoms with E-state index in [4.69, 9.17) is 0 Å². The first-order chi connectivity index (χ1) is 15.1. The number of nitrogens with zero attached hydrogens (tertiary/aromatic N) is 1. The standard InChI is InChI=1S/C23H21Br2N3O2S2/c1-11-5-18(31-9-11)21-16(8-26)23(27-13(3)20(21)14(4)29)32-10-19(30)28-22-12(2)6-15(24)7-17(22)25/h5-7,9,21,27H,10H2,1-4H3,(H,28,30)/t21-/m0/s1. The second kappa shape index (κ2) is 10.4. The number of dihydropyridines is 1. The minimum Gasteiger partial charge on any atom is -0.353 e. The highest BCUT2D eigenvalue weighted by molar-refractivity contribution is 9.11. The van der Waals surface area contributed by atoms with E-state index in [9.17, 15) is 14.9 Å². The van der Waals surface area contributed by atoms with Crippen LogP contribution in [0.15, 0.2) is 54.4 Å². The van der Waals surface area contributed by atoms with Crippen LogP contribution in [0, 0.1) is 25.2 Å².